The summed E-state index contributed by atoms with van der Waals surface area (Å²) >= 11 is 0. The normalized spacial score (nSPS) is 14.9. The second-order valence-corrected chi connectivity index (χ2v) is 4.20. The van der Waals surface area contributed by atoms with Gasteiger partial charge in [-0.1, -0.05) is 20.3 Å². The van der Waals surface area contributed by atoms with E-state index in [1.807, 2.05) is 10.8 Å². The van der Waals surface area contributed by atoms with E-state index in [0.29, 0.717) is 11.6 Å². The van der Waals surface area contributed by atoms with Crippen molar-refractivity contribution >= 4 is 5.97 Å². The molecule has 0 aliphatic heterocycles. The lowest BCUT2D eigenvalue weighted by molar-refractivity contribution is 0.0682. The molecule has 0 fully saturated rings. The van der Waals surface area contributed by atoms with Crippen molar-refractivity contribution in [3.63, 3.8) is 0 Å². The zero-order valence-corrected chi connectivity index (χ0v) is 9.60. The quantitative estimate of drug-likeness (QED) is 0.809. The molecule has 1 heterocycles. The molecule has 0 spiro atoms. The molecule has 0 bridgehead atoms. The highest BCUT2D eigenvalue weighted by atomic mass is 16.4. The number of rotatable bonds is 5. The van der Waals surface area contributed by atoms with Crippen LogP contribution >= 0.6 is 0 Å². The average Bonchev–Trinajstić information content (AvgIpc) is 2.65. The number of hydrogen-bond donors (Lipinski definition) is 1. The van der Waals surface area contributed by atoms with Crippen molar-refractivity contribution in [2.45, 2.75) is 39.7 Å². The van der Waals surface area contributed by atoms with Crippen molar-refractivity contribution in [3.05, 3.63) is 24.0 Å². The van der Waals surface area contributed by atoms with Crippen molar-refractivity contribution in [2.75, 3.05) is 0 Å². The van der Waals surface area contributed by atoms with Crippen molar-refractivity contribution in [3.8, 4) is 0 Å². The van der Waals surface area contributed by atoms with E-state index in [2.05, 4.69) is 20.8 Å². The fraction of sp³-hybridized carbons (Fsp3) is 0.583. The Morgan fingerprint density at radius 2 is 2.20 bits per heavy atom. The minimum Gasteiger partial charge on any atom is -0.477 e. The van der Waals surface area contributed by atoms with Crippen LogP contribution < -0.4 is 0 Å². The van der Waals surface area contributed by atoms with Gasteiger partial charge in [-0.15, -0.1) is 0 Å². The van der Waals surface area contributed by atoms with Crippen LogP contribution in [0.25, 0.3) is 0 Å². The molecule has 2 unspecified atom stereocenters. The molecular formula is C12H19NO2. The summed E-state index contributed by atoms with van der Waals surface area (Å²) in [6, 6.07) is 3.69. The second-order valence-electron chi connectivity index (χ2n) is 4.20. The zero-order valence-electron chi connectivity index (χ0n) is 9.60. The molecule has 0 aliphatic carbocycles. The molecule has 1 N–H and O–H groups in total. The van der Waals surface area contributed by atoms with Gasteiger partial charge in [-0.2, -0.15) is 0 Å². The van der Waals surface area contributed by atoms with Gasteiger partial charge in [0.15, 0.2) is 0 Å². The van der Waals surface area contributed by atoms with Crippen LogP contribution in [-0.4, -0.2) is 15.6 Å². The fourth-order valence-corrected chi connectivity index (χ4v) is 1.82. The first-order chi connectivity index (χ1) is 7.06. The maximum atomic E-state index is 10.9. The van der Waals surface area contributed by atoms with E-state index in [-0.39, 0.29) is 6.04 Å². The van der Waals surface area contributed by atoms with Gasteiger partial charge in [0, 0.05) is 12.2 Å². The molecule has 0 radical (unpaired) electrons. The van der Waals surface area contributed by atoms with E-state index < -0.39 is 5.97 Å². The molecule has 1 aromatic rings. The third-order valence-electron chi connectivity index (χ3n) is 2.91. The van der Waals surface area contributed by atoms with Gasteiger partial charge in [-0.05, 0) is 31.4 Å². The number of carboxylic acids is 1. The number of carboxylic acid groups (broad SMARTS) is 1. The summed E-state index contributed by atoms with van der Waals surface area (Å²) in [6.07, 6.45) is 4.00. The Kier molecular flexibility index (Phi) is 3.95. The molecule has 0 saturated carbocycles. The maximum absolute atomic E-state index is 10.9. The smallest absolute Gasteiger partial charge is 0.352 e. The van der Waals surface area contributed by atoms with Crippen LogP contribution in [0.5, 0.6) is 0 Å². The van der Waals surface area contributed by atoms with Crippen molar-refractivity contribution < 1.29 is 9.90 Å². The molecule has 1 rings (SSSR count). The van der Waals surface area contributed by atoms with E-state index >= 15 is 0 Å². The summed E-state index contributed by atoms with van der Waals surface area (Å²) < 4.78 is 1.84. The molecule has 0 saturated heterocycles. The Bertz CT molecular complexity index is 330. The molecule has 3 nitrogen and oxygen atoms in total. The number of nitrogens with zero attached hydrogens (tertiary/aromatic N) is 1. The summed E-state index contributed by atoms with van der Waals surface area (Å²) in [7, 11) is 0. The maximum Gasteiger partial charge on any atom is 0.352 e. The third kappa shape index (κ3) is 2.85. The van der Waals surface area contributed by atoms with E-state index in [4.69, 9.17) is 5.11 Å². The van der Waals surface area contributed by atoms with E-state index in [1.54, 1.807) is 12.1 Å². The predicted octanol–water partition coefficient (Wildman–Crippen LogP) is 3.18. The first kappa shape index (κ1) is 11.8. The van der Waals surface area contributed by atoms with Crippen molar-refractivity contribution in [2.24, 2.45) is 5.92 Å². The molecule has 84 valence electrons. The van der Waals surface area contributed by atoms with E-state index in [1.165, 1.54) is 0 Å². The lowest BCUT2D eigenvalue weighted by Gasteiger charge is -2.19. The largest absolute Gasteiger partial charge is 0.477 e. The summed E-state index contributed by atoms with van der Waals surface area (Å²) in [5.41, 5.74) is 0.380. The van der Waals surface area contributed by atoms with Crippen LogP contribution in [-0.2, 0) is 0 Å². The SMILES string of the molecule is CCC(C)CC(C)n1cccc1C(=O)O. The summed E-state index contributed by atoms with van der Waals surface area (Å²) in [6.45, 7) is 6.42. The minimum absolute atomic E-state index is 0.251. The Morgan fingerprint density at radius 1 is 1.53 bits per heavy atom. The number of aromatic nitrogens is 1. The molecule has 0 aromatic carbocycles. The Hall–Kier alpha value is -1.25. The van der Waals surface area contributed by atoms with Crippen LogP contribution in [0.1, 0.15) is 50.1 Å². The number of aromatic carboxylic acids is 1. The topological polar surface area (TPSA) is 42.2 Å². The van der Waals surface area contributed by atoms with Crippen molar-refractivity contribution in [1.82, 2.24) is 4.57 Å². The monoisotopic (exact) mass is 209 g/mol. The predicted molar refractivity (Wildman–Crippen MR) is 60.2 cm³/mol. The van der Waals surface area contributed by atoms with Gasteiger partial charge >= 0.3 is 5.97 Å². The van der Waals surface area contributed by atoms with E-state index in [0.717, 1.165) is 12.8 Å². The highest BCUT2D eigenvalue weighted by Crippen LogP contribution is 2.21. The molecule has 15 heavy (non-hydrogen) atoms. The van der Waals surface area contributed by atoms with Gasteiger partial charge in [-0.25, -0.2) is 4.79 Å². The van der Waals surface area contributed by atoms with Gasteiger partial charge in [0.1, 0.15) is 5.69 Å². The first-order valence-electron chi connectivity index (χ1n) is 5.46. The fourth-order valence-electron chi connectivity index (χ4n) is 1.82. The number of hydrogen-bond acceptors (Lipinski definition) is 1. The van der Waals surface area contributed by atoms with Gasteiger partial charge in [0.25, 0.3) is 0 Å². The first-order valence-corrected chi connectivity index (χ1v) is 5.46. The van der Waals surface area contributed by atoms with Crippen molar-refractivity contribution in [1.29, 1.82) is 0 Å². The summed E-state index contributed by atoms with van der Waals surface area (Å²) in [4.78, 5) is 10.9. The van der Waals surface area contributed by atoms with Crippen LogP contribution in [0.15, 0.2) is 18.3 Å². The van der Waals surface area contributed by atoms with Gasteiger partial charge in [0.2, 0.25) is 0 Å². The lowest BCUT2D eigenvalue weighted by Crippen LogP contribution is -2.14. The van der Waals surface area contributed by atoms with E-state index in [9.17, 15) is 4.79 Å². The molecule has 0 aliphatic rings. The highest BCUT2D eigenvalue weighted by molar-refractivity contribution is 5.85. The Morgan fingerprint density at radius 3 is 2.73 bits per heavy atom. The average molecular weight is 209 g/mol. The van der Waals surface area contributed by atoms with Gasteiger partial charge in [-0.3, -0.25) is 0 Å². The highest BCUT2D eigenvalue weighted by Gasteiger charge is 2.15. The summed E-state index contributed by atoms with van der Waals surface area (Å²) in [5, 5.41) is 8.97. The Labute approximate surface area is 90.7 Å². The van der Waals surface area contributed by atoms with Gasteiger partial charge in [0.05, 0.1) is 0 Å². The zero-order chi connectivity index (χ0) is 11.4. The second kappa shape index (κ2) is 5.01. The lowest BCUT2D eigenvalue weighted by atomic mass is 10.0. The van der Waals surface area contributed by atoms with Crippen LogP contribution in [0.3, 0.4) is 0 Å². The van der Waals surface area contributed by atoms with Crippen LogP contribution in [0.4, 0.5) is 0 Å². The minimum atomic E-state index is -0.851. The molecular weight excluding hydrogens is 190 g/mol. The van der Waals surface area contributed by atoms with Crippen LogP contribution in [0.2, 0.25) is 0 Å². The van der Waals surface area contributed by atoms with Gasteiger partial charge < -0.3 is 9.67 Å². The molecule has 0 amide bonds. The summed E-state index contributed by atoms with van der Waals surface area (Å²) in [5.74, 6) is -0.222. The Balaban J connectivity index is 2.77. The molecule has 3 heteroatoms. The standard InChI is InChI=1S/C12H19NO2/c1-4-9(2)8-10(3)13-7-5-6-11(13)12(14)15/h5-7,9-10H,4,8H2,1-3H3,(H,14,15). The number of carbonyl (C=O) groups is 1. The molecule has 1 aromatic heterocycles. The third-order valence-corrected chi connectivity index (χ3v) is 2.91. The molecule has 2 atom stereocenters. The van der Waals surface area contributed by atoms with Crippen LogP contribution in [0, 0.1) is 5.92 Å².